The molecule has 0 bridgehead atoms. The highest BCUT2D eigenvalue weighted by Crippen LogP contribution is 2.37. The van der Waals surface area contributed by atoms with E-state index in [-0.39, 0.29) is 29.0 Å². The molecule has 0 atom stereocenters. The number of carbonyl (C=O) groups excluding carboxylic acids is 2. The van der Waals surface area contributed by atoms with Gasteiger partial charge in [-0.15, -0.1) is 0 Å². The van der Waals surface area contributed by atoms with Gasteiger partial charge in [0.1, 0.15) is 23.2 Å². The molecule has 1 aliphatic heterocycles. The SMILES string of the molecule is Cc1cc(C(=O)Nc2ccc(-c3cc(C4CCN(C(=O)C(C)C)CC4)n4ncnc(N)c34)cc2)c(=O)n(-c2cncc(F)c2)c1C. The number of likely N-dealkylation sites (tertiary alicyclic amines) is 1. The molecule has 11 nitrogen and oxygen atoms in total. The number of nitrogen functional groups attached to an aromatic ring is 1. The van der Waals surface area contributed by atoms with Crippen LogP contribution in [0.1, 0.15) is 59.9 Å². The number of aryl methyl sites for hydroxylation is 1. The van der Waals surface area contributed by atoms with Gasteiger partial charge < -0.3 is 16.0 Å². The number of nitrogens with two attached hydrogens (primary N) is 1. The maximum absolute atomic E-state index is 13.9. The van der Waals surface area contributed by atoms with Crippen LogP contribution in [0.15, 0.2) is 66.0 Å². The second-order valence-electron chi connectivity index (χ2n) is 12.0. The summed E-state index contributed by atoms with van der Waals surface area (Å²) in [6.45, 7) is 8.72. The van der Waals surface area contributed by atoms with Crippen LogP contribution >= 0.6 is 0 Å². The molecule has 1 fully saturated rings. The Morgan fingerprint density at radius 2 is 1.76 bits per heavy atom. The van der Waals surface area contributed by atoms with Crippen molar-refractivity contribution < 1.29 is 14.0 Å². The number of halogens is 1. The lowest BCUT2D eigenvalue weighted by Gasteiger charge is -2.33. The number of carbonyl (C=O) groups is 2. The Balaban J connectivity index is 1.27. The maximum atomic E-state index is 13.9. The van der Waals surface area contributed by atoms with Crippen LogP contribution in [0.4, 0.5) is 15.9 Å². The number of benzene rings is 1. The molecule has 46 heavy (non-hydrogen) atoms. The first kappa shape index (κ1) is 30.6. The maximum Gasteiger partial charge on any atom is 0.268 e. The second kappa shape index (κ2) is 12.2. The van der Waals surface area contributed by atoms with E-state index >= 15 is 0 Å². The number of fused-ring (bicyclic) bond motifs is 1. The van der Waals surface area contributed by atoms with Crippen molar-refractivity contribution in [3.8, 4) is 16.8 Å². The van der Waals surface area contributed by atoms with Crippen LogP contribution in [0.25, 0.3) is 22.3 Å². The third-order valence-corrected chi connectivity index (χ3v) is 8.68. The van der Waals surface area contributed by atoms with Gasteiger partial charge in [0.25, 0.3) is 11.5 Å². The Hall–Kier alpha value is -5.39. The monoisotopic (exact) mass is 622 g/mol. The highest BCUT2D eigenvalue weighted by Gasteiger charge is 2.28. The van der Waals surface area contributed by atoms with Crippen molar-refractivity contribution in [3.63, 3.8) is 0 Å². The molecule has 12 heteroatoms. The molecule has 0 spiro atoms. The van der Waals surface area contributed by atoms with E-state index in [0.717, 1.165) is 35.9 Å². The van der Waals surface area contributed by atoms with E-state index in [4.69, 9.17) is 5.73 Å². The predicted molar refractivity (Wildman–Crippen MR) is 173 cm³/mol. The van der Waals surface area contributed by atoms with Gasteiger partial charge in [-0.3, -0.25) is 23.9 Å². The van der Waals surface area contributed by atoms with E-state index in [0.29, 0.717) is 41.4 Å². The smallest absolute Gasteiger partial charge is 0.268 e. The number of hydrogen-bond acceptors (Lipinski definition) is 7. The summed E-state index contributed by atoms with van der Waals surface area (Å²) in [6, 6.07) is 12.0. The zero-order chi connectivity index (χ0) is 32.7. The molecule has 1 saturated heterocycles. The third-order valence-electron chi connectivity index (χ3n) is 8.68. The van der Waals surface area contributed by atoms with Crippen LogP contribution in [-0.2, 0) is 4.79 Å². The van der Waals surface area contributed by atoms with Gasteiger partial charge in [-0.1, -0.05) is 26.0 Å². The number of rotatable bonds is 6. The minimum absolute atomic E-state index is 0.0323. The molecule has 236 valence electrons. The summed E-state index contributed by atoms with van der Waals surface area (Å²) in [7, 11) is 0. The Morgan fingerprint density at radius 1 is 1.04 bits per heavy atom. The Morgan fingerprint density at radius 3 is 2.43 bits per heavy atom. The average Bonchev–Trinajstić information content (AvgIpc) is 3.44. The lowest BCUT2D eigenvalue weighted by atomic mass is 9.92. The summed E-state index contributed by atoms with van der Waals surface area (Å²) in [4.78, 5) is 49.3. The number of nitrogens with zero attached hydrogens (tertiary/aromatic N) is 6. The summed E-state index contributed by atoms with van der Waals surface area (Å²) in [5.41, 5.74) is 11.1. The summed E-state index contributed by atoms with van der Waals surface area (Å²) in [5.74, 6) is -0.497. The van der Waals surface area contributed by atoms with Gasteiger partial charge >= 0.3 is 0 Å². The second-order valence-corrected chi connectivity index (χ2v) is 12.0. The average molecular weight is 623 g/mol. The molecule has 0 aliphatic carbocycles. The first-order chi connectivity index (χ1) is 22.0. The van der Waals surface area contributed by atoms with E-state index in [2.05, 4.69) is 26.4 Å². The normalized spacial score (nSPS) is 13.8. The highest BCUT2D eigenvalue weighted by atomic mass is 19.1. The van der Waals surface area contributed by atoms with E-state index in [9.17, 15) is 18.8 Å². The summed E-state index contributed by atoms with van der Waals surface area (Å²) in [5, 5.41) is 7.34. The minimum atomic E-state index is -0.587. The number of hydrogen-bond donors (Lipinski definition) is 2. The number of pyridine rings is 2. The predicted octanol–water partition coefficient (Wildman–Crippen LogP) is 4.89. The summed E-state index contributed by atoms with van der Waals surface area (Å²) >= 11 is 0. The number of nitrogens with one attached hydrogen (secondary N) is 1. The first-order valence-corrected chi connectivity index (χ1v) is 15.2. The number of anilines is 2. The molecule has 5 heterocycles. The van der Waals surface area contributed by atoms with Gasteiger partial charge in [0, 0.05) is 53.6 Å². The molecule has 5 aromatic rings. The van der Waals surface area contributed by atoms with Crippen LogP contribution < -0.4 is 16.6 Å². The van der Waals surface area contributed by atoms with Crippen molar-refractivity contribution in [3.05, 3.63) is 99.9 Å². The quantitative estimate of drug-likeness (QED) is 0.275. The molecule has 2 amide bonds. The standard InChI is InChI=1S/C34H35FN8O3/c1-19(2)33(45)41-11-9-23(10-12-41)29-15-27(30-31(36)38-18-39-43(29)30)22-5-7-25(8-6-22)40-32(44)28-13-20(3)21(4)42(34(28)46)26-14-24(35)16-37-17-26/h5-8,13-19,23H,9-12H2,1-4H3,(H,40,44)(H2,36,38,39). The van der Waals surface area contributed by atoms with E-state index in [1.165, 1.54) is 29.2 Å². The third kappa shape index (κ3) is 5.62. The van der Waals surface area contributed by atoms with Gasteiger partial charge in [0.2, 0.25) is 5.91 Å². The van der Waals surface area contributed by atoms with Crippen LogP contribution in [-0.4, -0.2) is 54.0 Å². The molecule has 0 saturated carbocycles. The minimum Gasteiger partial charge on any atom is -0.382 e. The van der Waals surface area contributed by atoms with Gasteiger partial charge in [-0.2, -0.15) is 5.10 Å². The van der Waals surface area contributed by atoms with Crippen LogP contribution in [0, 0.1) is 25.6 Å². The molecule has 1 aliphatic rings. The first-order valence-electron chi connectivity index (χ1n) is 15.2. The zero-order valence-corrected chi connectivity index (χ0v) is 26.1. The van der Waals surface area contributed by atoms with Gasteiger partial charge in [-0.25, -0.2) is 13.9 Å². The van der Waals surface area contributed by atoms with Gasteiger partial charge in [0.15, 0.2) is 5.82 Å². The number of amides is 2. The molecular formula is C34H35FN8O3. The largest absolute Gasteiger partial charge is 0.382 e. The fourth-order valence-electron chi connectivity index (χ4n) is 6.12. The van der Waals surface area contributed by atoms with Crippen molar-refractivity contribution in [2.24, 2.45) is 5.92 Å². The molecule has 6 rings (SSSR count). The van der Waals surface area contributed by atoms with Crippen molar-refractivity contribution >= 4 is 28.8 Å². The molecule has 1 aromatic carbocycles. The highest BCUT2D eigenvalue weighted by molar-refractivity contribution is 6.04. The number of piperidine rings is 1. The molecule has 4 aromatic heterocycles. The van der Waals surface area contributed by atoms with Crippen molar-refractivity contribution in [2.45, 2.75) is 46.5 Å². The molecule has 0 radical (unpaired) electrons. The van der Waals surface area contributed by atoms with Crippen LogP contribution in [0.3, 0.4) is 0 Å². The van der Waals surface area contributed by atoms with Crippen molar-refractivity contribution in [1.82, 2.24) is 29.0 Å². The summed E-state index contributed by atoms with van der Waals surface area (Å²) < 4.78 is 17.0. The summed E-state index contributed by atoms with van der Waals surface area (Å²) in [6.07, 6.45) is 5.50. The Labute approximate surface area is 264 Å². The van der Waals surface area contributed by atoms with Crippen molar-refractivity contribution in [1.29, 1.82) is 0 Å². The lowest BCUT2D eigenvalue weighted by molar-refractivity contribution is -0.135. The Kier molecular flexibility index (Phi) is 8.11. The Bertz CT molecular complexity index is 2030. The molecule has 3 N–H and O–H groups in total. The number of aromatic nitrogens is 5. The van der Waals surface area contributed by atoms with E-state index in [1.807, 2.05) is 35.4 Å². The molecule has 0 unspecified atom stereocenters. The fraction of sp³-hybridized carbons (Fsp3) is 0.294. The fourth-order valence-corrected chi connectivity index (χ4v) is 6.12. The van der Waals surface area contributed by atoms with Crippen LogP contribution in [0.5, 0.6) is 0 Å². The van der Waals surface area contributed by atoms with Gasteiger partial charge in [-0.05, 0) is 62.1 Å². The van der Waals surface area contributed by atoms with Crippen LogP contribution in [0.2, 0.25) is 0 Å². The van der Waals surface area contributed by atoms with E-state index in [1.54, 1.807) is 26.0 Å². The lowest BCUT2D eigenvalue weighted by Crippen LogP contribution is -2.40. The van der Waals surface area contributed by atoms with E-state index < -0.39 is 17.3 Å². The van der Waals surface area contributed by atoms with Crippen molar-refractivity contribution in [2.75, 3.05) is 24.1 Å². The topological polar surface area (TPSA) is 141 Å². The molecular weight excluding hydrogens is 587 g/mol. The zero-order valence-electron chi connectivity index (χ0n) is 26.1. The van der Waals surface area contributed by atoms with Gasteiger partial charge in [0.05, 0.1) is 18.1 Å².